The maximum absolute atomic E-state index is 11.8. The number of benzene rings is 1. The van der Waals surface area contributed by atoms with Gasteiger partial charge in [-0.25, -0.2) is 4.98 Å². The van der Waals surface area contributed by atoms with Crippen molar-refractivity contribution in [2.24, 2.45) is 0 Å². The number of amides is 1. The Balaban J connectivity index is 1.38. The lowest BCUT2D eigenvalue weighted by atomic mass is 10.1. The number of hydrogen-bond acceptors (Lipinski definition) is 5. The monoisotopic (exact) mass is 330 g/mol. The zero-order valence-electron chi connectivity index (χ0n) is 13.6. The van der Waals surface area contributed by atoms with E-state index in [1.165, 1.54) is 0 Å². The largest absolute Gasteiger partial charge is 0.444 e. The minimum Gasteiger partial charge on any atom is -0.444 e. The van der Waals surface area contributed by atoms with Crippen molar-refractivity contribution in [2.75, 3.05) is 19.8 Å². The highest BCUT2D eigenvalue weighted by atomic mass is 16.5. The summed E-state index contributed by atoms with van der Waals surface area (Å²) in [6.45, 7) is 1.60. The molecule has 0 unspecified atom stereocenters. The van der Waals surface area contributed by atoms with Crippen LogP contribution in [0.15, 0.2) is 41.0 Å². The lowest BCUT2D eigenvalue weighted by molar-refractivity contribution is -0.128. The molecule has 1 aliphatic rings. The van der Waals surface area contributed by atoms with Crippen LogP contribution in [0.1, 0.15) is 25.0 Å². The van der Waals surface area contributed by atoms with E-state index in [9.17, 15) is 4.79 Å². The van der Waals surface area contributed by atoms with Crippen LogP contribution in [-0.2, 0) is 20.8 Å². The Morgan fingerprint density at radius 2 is 2.17 bits per heavy atom. The first-order valence-electron chi connectivity index (χ1n) is 8.27. The third-order valence-electron chi connectivity index (χ3n) is 3.85. The molecule has 1 atom stereocenters. The molecule has 1 N–H and O–H groups in total. The van der Waals surface area contributed by atoms with Gasteiger partial charge in [0.25, 0.3) is 0 Å². The van der Waals surface area contributed by atoms with Crippen molar-refractivity contribution < 1.29 is 18.7 Å². The van der Waals surface area contributed by atoms with Crippen molar-refractivity contribution in [3.8, 4) is 11.5 Å². The van der Waals surface area contributed by atoms with Gasteiger partial charge >= 0.3 is 0 Å². The van der Waals surface area contributed by atoms with E-state index in [1.54, 1.807) is 6.26 Å². The number of oxazole rings is 1. The maximum atomic E-state index is 11.8. The molecule has 2 aromatic rings. The number of hydrogen-bond donors (Lipinski definition) is 1. The number of nitrogens with zero attached hydrogens (tertiary/aromatic N) is 1. The summed E-state index contributed by atoms with van der Waals surface area (Å²) >= 11 is 0. The maximum Gasteiger partial charge on any atom is 0.246 e. The molecule has 0 aliphatic carbocycles. The number of ether oxygens (including phenoxy) is 2. The molecule has 1 aromatic carbocycles. The molecular weight excluding hydrogens is 308 g/mol. The highest BCUT2D eigenvalue weighted by molar-refractivity contribution is 5.77. The Bertz CT molecular complexity index is 635. The first-order valence-corrected chi connectivity index (χ1v) is 8.27. The number of carbonyl (C=O) groups is 1. The number of carbonyl (C=O) groups excluding carboxylic acids is 1. The molecule has 6 nitrogen and oxygen atoms in total. The minimum atomic E-state index is -0.171. The molecule has 2 heterocycles. The predicted octanol–water partition coefficient (Wildman–Crippen LogP) is 2.54. The van der Waals surface area contributed by atoms with Crippen LogP contribution in [0.25, 0.3) is 11.5 Å². The van der Waals surface area contributed by atoms with E-state index >= 15 is 0 Å². The van der Waals surface area contributed by atoms with E-state index in [0.29, 0.717) is 24.7 Å². The third-order valence-corrected chi connectivity index (χ3v) is 3.85. The second-order valence-electron chi connectivity index (χ2n) is 5.79. The first-order chi connectivity index (χ1) is 11.8. The second kappa shape index (κ2) is 8.61. The molecule has 6 heteroatoms. The smallest absolute Gasteiger partial charge is 0.246 e. The van der Waals surface area contributed by atoms with Gasteiger partial charge in [0.05, 0.1) is 24.9 Å². The Labute approximate surface area is 141 Å². The van der Waals surface area contributed by atoms with Crippen LogP contribution in [0.3, 0.4) is 0 Å². The Morgan fingerprint density at radius 3 is 2.96 bits per heavy atom. The van der Waals surface area contributed by atoms with Crippen LogP contribution in [0.2, 0.25) is 0 Å². The van der Waals surface area contributed by atoms with Crippen LogP contribution in [0.5, 0.6) is 0 Å². The van der Waals surface area contributed by atoms with Crippen molar-refractivity contribution in [2.45, 2.75) is 31.9 Å². The van der Waals surface area contributed by atoms with Gasteiger partial charge in [-0.1, -0.05) is 18.2 Å². The van der Waals surface area contributed by atoms with Gasteiger partial charge in [-0.2, -0.15) is 0 Å². The molecule has 0 radical (unpaired) electrons. The average Bonchev–Trinajstić information content (AvgIpc) is 3.11. The lowest BCUT2D eigenvalue weighted by Gasteiger charge is -2.22. The molecular formula is C18H22N2O4. The van der Waals surface area contributed by atoms with Gasteiger partial charge in [-0.05, 0) is 31.4 Å². The molecule has 3 rings (SSSR count). The average molecular weight is 330 g/mol. The van der Waals surface area contributed by atoms with Crippen LogP contribution in [0, 0.1) is 0 Å². The van der Waals surface area contributed by atoms with E-state index in [4.69, 9.17) is 13.9 Å². The van der Waals surface area contributed by atoms with E-state index in [0.717, 1.165) is 31.4 Å². The van der Waals surface area contributed by atoms with Crippen molar-refractivity contribution in [1.82, 2.24) is 10.3 Å². The van der Waals surface area contributed by atoms with Crippen molar-refractivity contribution in [3.63, 3.8) is 0 Å². The fraction of sp³-hybridized carbons (Fsp3) is 0.444. The van der Waals surface area contributed by atoms with Crippen molar-refractivity contribution in [1.29, 1.82) is 0 Å². The zero-order valence-corrected chi connectivity index (χ0v) is 13.6. The molecule has 1 fully saturated rings. The lowest BCUT2D eigenvalue weighted by Crippen LogP contribution is -2.30. The molecule has 1 aromatic heterocycles. The minimum absolute atomic E-state index is 0.0310. The molecule has 1 amide bonds. The van der Waals surface area contributed by atoms with Gasteiger partial charge in [0.2, 0.25) is 11.8 Å². The topological polar surface area (TPSA) is 73.6 Å². The summed E-state index contributed by atoms with van der Waals surface area (Å²) in [5.41, 5.74) is 1.59. The van der Waals surface area contributed by atoms with Gasteiger partial charge in [0.1, 0.15) is 12.9 Å². The SMILES string of the molecule is O=C(COC[C@H]1CCCCO1)NCc1coc(-c2ccccc2)n1. The molecule has 0 bridgehead atoms. The van der Waals surface area contributed by atoms with Crippen LogP contribution < -0.4 is 5.32 Å². The molecule has 24 heavy (non-hydrogen) atoms. The number of nitrogens with one attached hydrogen (secondary N) is 1. The summed E-state index contributed by atoms with van der Waals surface area (Å²) in [7, 11) is 0. The second-order valence-corrected chi connectivity index (χ2v) is 5.79. The van der Waals surface area contributed by atoms with Gasteiger partial charge in [0, 0.05) is 12.2 Å². The summed E-state index contributed by atoms with van der Waals surface area (Å²) in [4.78, 5) is 16.2. The van der Waals surface area contributed by atoms with Gasteiger partial charge in [-0.15, -0.1) is 0 Å². The standard InChI is InChI=1S/C18H22N2O4/c21-17(13-22-12-16-8-4-5-9-23-16)19-10-15-11-24-18(20-15)14-6-2-1-3-7-14/h1-3,6-7,11,16H,4-5,8-10,12-13H2,(H,19,21)/t16-/m1/s1. The number of rotatable bonds is 7. The van der Waals surface area contributed by atoms with Gasteiger partial charge < -0.3 is 19.2 Å². The Morgan fingerprint density at radius 1 is 1.29 bits per heavy atom. The van der Waals surface area contributed by atoms with Crippen LogP contribution in [-0.4, -0.2) is 36.8 Å². The fourth-order valence-electron chi connectivity index (χ4n) is 2.56. The van der Waals surface area contributed by atoms with E-state index in [1.807, 2.05) is 30.3 Å². The molecule has 1 aliphatic heterocycles. The summed E-state index contributed by atoms with van der Waals surface area (Å²) in [5, 5.41) is 2.77. The fourth-order valence-corrected chi connectivity index (χ4v) is 2.56. The van der Waals surface area contributed by atoms with Crippen LogP contribution >= 0.6 is 0 Å². The first kappa shape index (κ1) is 16.7. The Kier molecular flexibility index (Phi) is 5.98. The Hall–Kier alpha value is -2.18. The highest BCUT2D eigenvalue weighted by Gasteiger charge is 2.14. The van der Waals surface area contributed by atoms with E-state index in [-0.39, 0.29) is 18.6 Å². The summed E-state index contributed by atoms with van der Waals surface area (Å²) in [6, 6.07) is 9.64. The van der Waals surface area contributed by atoms with Crippen molar-refractivity contribution >= 4 is 5.91 Å². The zero-order chi connectivity index (χ0) is 16.6. The number of aromatic nitrogens is 1. The van der Waals surface area contributed by atoms with Crippen LogP contribution in [0.4, 0.5) is 0 Å². The highest BCUT2D eigenvalue weighted by Crippen LogP contribution is 2.17. The summed E-state index contributed by atoms with van der Waals surface area (Å²) in [6.07, 6.45) is 4.95. The molecule has 1 saturated heterocycles. The van der Waals surface area contributed by atoms with Gasteiger partial charge in [-0.3, -0.25) is 4.79 Å². The van der Waals surface area contributed by atoms with E-state index in [2.05, 4.69) is 10.3 Å². The quantitative estimate of drug-likeness (QED) is 0.844. The molecule has 0 saturated carbocycles. The van der Waals surface area contributed by atoms with E-state index < -0.39 is 0 Å². The molecule has 0 spiro atoms. The normalized spacial score (nSPS) is 17.6. The van der Waals surface area contributed by atoms with Crippen molar-refractivity contribution in [3.05, 3.63) is 42.3 Å². The van der Waals surface area contributed by atoms with Gasteiger partial charge in [0.15, 0.2) is 0 Å². The predicted molar refractivity (Wildman–Crippen MR) is 88.2 cm³/mol. The summed E-state index contributed by atoms with van der Waals surface area (Å²) in [5.74, 6) is 0.376. The molecule has 128 valence electrons. The third kappa shape index (κ3) is 4.91. The summed E-state index contributed by atoms with van der Waals surface area (Å²) < 4.78 is 16.4.